The summed E-state index contributed by atoms with van der Waals surface area (Å²) in [6, 6.07) is 18.3. The first-order valence-electron chi connectivity index (χ1n) is 8.87. The van der Waals surface area contributed by atoms with Crippen molar-refractivity contribution in [1.29, 1.82) is 0 Å². The second-order valence-corrected chi connectivity index (χ2v) is 6.46. The van der Waals surface area contributed by atoms with E-state index in [-0.39, 0.29) is 6.42 Å². The molecule has 6 heteroatoms. The van der Waals surface area contributed by atoms with Crippen molar-refractivity contribution < 1.29 is 14.4 Å². The van der Waals surface area contributed by atoms with Crippen LogP contribution in [-0.4, -0.2) is 33.6 Å². The highest BCUT2D eigenvalue weighted by Gasteiger charge is 2.42. The van der Waals surface area contributed by atoms with Gasteiger partial charge in [-0.15, -0.1) is 0 Å². The fourth-order valence-electron chi connectivity index (χ4n) is 3.29. The third-order valence-electron chi connectivity index (χ3n) is 4.64. The molecule has 1 N–H and O–H groups in total. The topological polar surface area (TPSA) is 79.4 Å². The second kappa shape index (κ2) is 7.44. The summed E-state index contributed by atoms with van der Waals surface area (Å²) in [4.78, 5) is 43.9. The summed E-state index contributed by atoms with van der Waals surface area (Å²) in [6.07, 6.45) is 3.33. The lowest BCUT2D eigenvalue weighted by Gasteiger charge is -2.25. The number of nitrogens with zero attached hydrogens (tertiary/aromatic N) is 2. The predicted octanol–water partition coefficient (Wildman–Crippen LogP) is 2.93. The van der Waals surface area contributed by atoms with Gasteiger partial charge in [0, 0.05) is 12.6 Å². The minimum absolute atomic E-state index is 0.221. The van der Waals surface area contributed by atoms with E-state index in [4.69, 9.17) is 0 Å². The molecule has 0 spiro atoms. The number of hydrogen-bond acceptors (Lipinski definition) is 4. The first-order valence-corrected chi connectivity index (χ1v) is 8.87. The van der Waals surface area contributed by atoms with Crippen LogP contribution in [0, 0.1) is 0 Å². The zero-order valence-electron chi connectivity index (χ0n) is 14.9. The Labute approximate surface area is 161 Å². The predicted molar refractivity (Wildman–Crippen MR) is 104 cm³/mol. The third kappa shape index (κ3) is 3.27. The summed E-state index contributed by atoms with van der Waals surface area (Å²) in [7, 11) is 0. The molecule has 0 saturated carbocycles. The maximum Gasteiger partial charge on any atom is 0.262 e. The van der Waals surface area contributed by atoms with E-state index >= 15 is 0 Å². The zero-order chi connectivity index (χ0) is 19.5. The molecule has 3 amide bonds. The van der Waals surface area contributed by atoms with Gasteiger partial charge in [0.05, 0.1) is 23.0 Å². The number of hydrogen-bond donors (Lipinski definition) is 1. The molecule has 0 aliphatic carbocycles. The quantitative estimate of drug-likeness (QED) is 0.700. The number of benzene rings is 2. The molecule has 0 radical (unpaired) electrons. The molecule has 6 nitrogen and oxygen atoms in total. The number of amides is 3. The maximum atomic E-state index is 13.1. The molecule has 1 aliphatic heterocycles. The molecule has 3 aromatic rings. The van der Waals surface area contributed by atoms with E-state index in [0.717, 1.165) is 10.5 Å². The van der Waals surface area contributed by atoms with Crippen LogP contribution in [0.25, 0.3) is 0 Å². The summed E-state index contributed by atoms with van der Waals surface area (Å²) in [5, 5.41) is 2.76. The van der Waals surface area contributed by atoms with E-state index in [1.54, 1.807) is 42.6 Å². The Bertz CT molecular complexity index is 1000. The molecule has 0 unspecified atom stereocenters. The van der Waals surface area contributed by atoms with Crippen LogP contribution in [0.15, 0.2) is 79.1 Å². The number of fused-ring (bicyclic) bond motifs is 1. The van der Waals surface area contributed by atoms with Gasteiger partial charge in [-0.2, -0.15) is 0 Å². The van der Waals surface area contributed by atoms with Crippen LogP contribution in [0.2, 0.25) is 0 Å². The van der Waals surface area contributed by atoms with Crippen LogP contribution in [0.4, 0.5) is 5.69 Å². The van der Waals surface area contributed by atoms with Gasteiger partial charge >= 0.3 is 0 Å². The Morgan fingerprint density at radius 1 is 0.893 bits per heavy atom. The molecular formula is C22H17N3O3. The van der Waals surface area contributed by atoms with Crippen molar-refractivity contribution in [3.05, 3.63) is 95.8 Å². The summed E-state index contributed by atoms with van der Waals surface area (Å²) in [5.74, 6) is -1.35. The van der Waals surface area contributed by atoms with Crippen LogP contribution >= 0.6 is 0 Å². The van der Waals surface area contributed by atoms with Crippen LogP contribution in [-0.2, 0) is 11.2 Å². The van der Waals surface area contributed by atoms with Gasteiger partial charge in [-0.1, -0.05) is 42.5 Å². The lowest BCUT2D eigenvalue weighted by Crippen LogP contribution is -2.48. The van der Waals surface area contributed by atoms with Crippen molar-refractivity contribution >= 4 is 23.4 Å². The minimum atomic E-state index is -0.977. The van der Waals surface area contributed by atoms with Crippen LogP contribution < -0.4 is 5.32 Å². The molecule has 138 valence electrons. The normalized spacial score (nSPS) is 13.9. The van der Waals surface area contributed by atoms with Gasteiger partial charge in [-0.05, 0) is 29.8 Å². The Morgan fingerprint density at radius 3 is 2.14 bits per heavy atom. The minimum Gasteiger partial charge on any atom is -0.323 e. The van der Waals surface area contributed by atoms with E-state index in [2.05, 4.69) is 10.3 Å². The van der Waals surface area contributed by atoms with Crippen molar-refractivity contribution in [2.75, 3.05) is 5.32 Å². The standard InChI is InChI=1S/C22H17N3O3/c26-20(24-16-9-6-12-23-14-16)19(13-15-7-2-1-3-8-15)25-21(27)17-10-4-5-11-18(17)22(25)28/h1-12,14,19H,13H2,(H,24,26)/t19-/m0/s1. The Morgan fingerprint density at radius 2 is 1.54 bits per heavy atom. The van der Waals surface area contributed by atoms with Gasteiger partial charge in [0.1, 0.15) is 6.04 Å². The van der Waals surface area contributed by atoms with Crippen molar-refractivity contribution in [1.82, 2.24) is 9.88 Å². The van der Waals surface area contributed by atoms with E-state index in [9.17, 15) is 14.4 Å². The molecule has 1 atom stereocenters. The molecule has 2 heterocycles. The summed E-state index contributed by atoms with van der Waals surface area (Å²) in [5.41, 5.74) is 1.99. The van der Waals surface area contributed by atoms with Crippen molar-refractivity contribution in [2.45, 2.75) is 12.5 Å². The molecule has 1 aliphatic rings. The van der Waals surface area contributed by atoms with Gasteiger partial charge in [-0.3, -0.25) is 24.3 Å². The number of nitrogens with one attached hydrogen (secondary N) is 1. The third-order valence-corrected chi connectivity index (χ3v) is 4.64. The average Bonchev–Trinajstić information content (AvgIpc) is 2.98. The summed E-state index contributed by atoms with van der Waals surface area (Å²) < 4.78 is 0. The van der Waals surface area contributed by atoms with Crippen molar-refractivity contribution in [3.8, 4) is 0 Å². The SMILES string of the molecule is O=C(Nc1cccnc1)[C@H](Cc1ccccc1)N1C(=O)c2ccccc2C1=O. The summed E-state index contributed by atoms with van der Waals surface area (Å²) >= 11 is 0. The molecule has 4 rings (SSSR count). The monoisotopic (exact) mass is 371 g/mol. The highest BCUT2D eigenvalue weighted by molar-refractivity contribution is 6.23. The molecule has 0 bridgehead atoms. The number of anilines is 1. The number of aromatic nitrogens is 1. The Kier molecular flexibility index (Phi) is 4.68. The number of pyridine rings is 1. The number of rotatable bonds is 5. The highest BCUT2D eigenvalue weighted by atomic mass is 16.2. The molecule has 2 aromatic carbocycles. The second-order valence-electron chi connectivity index (χ2n) is 6.46. The van der Waals surface area contributed by atoms with Gasteiger partial charge in [0.2, 0.25) is 5.91 Å². The fourth-order valence-corrected chi connectivity index (χ4v) is 3.29. The van der Waals surface area contributed by atoms with Crippen LogP contribution in [0.5, 0.6) is 0 Å². The van der Waals surface area contributed by atoms with E-state index < -0.39 is 23.8 Å². The Hall–Kier alpha value is -3.80. The maximum absolute atomic E-state index is 13.1. The first kappa shape index (κ1) is 17.6. The van der Waals surface area contributed by atoms with Crippen molar-refractivity contribution in [3.63, 3.8) is 0 Å². The average molecular weight is 371 g/mol. The number of carbonyl (C=O) groups is 3. The Balaban J connectivity index is 1.68. The molecular weight excluding hydrogens is 354 g/mol. The number of carbonyl (C=O) groups excluding carboxylic acids is 3. The first-order chi connectivity index (χ1) is 13.6. The molecule has 0 saturated heterocycles. The van der Waals surface area contributed by atoms with Gasteiger partial charge < -0.3 is 5.32 Å². The number of imide groups is 1. The fraction of sp³-hybridized carbons (Fsp3) is 0.0909. The molecule has 1 aromatic heterocycles. The largest absolute Gasteiger partial charge is 0.323 e. The smallest absolute Gasteiger partial charge is 0.262 e. The summed E-state index contributed by atoms with van der Waals surface area (Å²) in [6.45, 7) is 0. The van der Waals surface area contributed by atoms with E-state index in [1.165, 1.54) is 6.20 Å². The molecule has 28 heavy (non-hydrogen) atoms. The van der Waals surface area contributed by atoms with Crippen LogP contribution in [0.3, 0.4) is 0 Å². The van der Waals surface area contributed by atoms with Crippen LogP contribution in [0.1, 0.15) is 26.3 Å². The molecule has 0 fully saturated rings. The zero-order valence-corrected chi connectivity index (χ0v) is 14.9. The lowest BCUT2D eigenvalue weighted by atomic mass is 10.0. The lowest BCUT2D eigenvalue weighted by molar-refractivity contribution is -0.119. The van der Waals surface area contributed by atoms with Gasteiger partial charge in [0.25, 0.3) is 11.8 Å². The van der Waals surface area contributed by atoms with E-state index in [0.29, 0.717) is 16.8 Å². The highest BCUT2D eigenvalue weighted by Crippen LogP contribution is 2.26. The van der Waals surface area contributed by atoms with Gasteiger partial charge in [-0.25, -0.2) is 0 Å². The van der Waals surface area contributed by atoms with Crippen molar-refractivity contribution in [2.24, 2.45) is 0 Å². The van der Waals surface area contributed by atoms with Gasteiger partial charge in [0.15, 0.2) is 0 Å². The van der Waals surface area contributed by atoms with E-state index in [1.807, 2.05) is 30.3 Å².